The van der Waals surface area contributed by atoms with Crippen molar-refractivity contribution in [3.8, 4) is 0 Å². The fourth-order valence-corrected chi connectivity index (χ4v) is 3.57. The number of thiocarbonyl (C=S) groups is 1. The molecule has 2 heterocycles. The monoisotopic (exact) mass is 391 g/mol. The molecule has 3 rings (SSSR count). The normalized spacial score (nSPS) is 15.8. The average molecular weight is 391 g/mol. The van der Waals surface area contributed by atoms with E-state index in [-0.39, 0.29) is 24.8 Å². The van der Waals surface area contributed by atoms with Crippen LogP contribution in [0.5, 0.6) is 0 Å². The van der Waals surface area contributed by atoms with Gasteiger partial charge in [0, 0.05) is 24.6 Å². The molecule has 0 spiro atoms. The van der Waals surface area contributed by atoms with Crippen molar-refractivity contribution >= 4 is 52.0 Å². The summed E-state index contributed by atoms with van der Waals surface area (Å²) in [5.74, 6) is -0.174. The maximum absolute atomic E-state index is 13.7. The van der Waals surface area contributed by atoms with Crippen molar-refractivity contribution in [2.24, 2.45) is 0 Å². The first-order valence-corrected chi connectivity index (χ1v) is 8.89. The molecule has 0 saturated carbocycles. The lowest BCUT2D eigenvalue weighted by molar-refractivity contribution is -0.122. The fraction of sp³-hybridized carbons (Fsp3) is 0.176. The van der Waals surface area contributed by atoms with E-state index in [0.717, 1.165) is 11.8 Å². The van der Waals surface area contributed by atoms with Crippen LogP contribution in [0.2, 0.25) is 0 Å². The molecule has 1 fully saturated rings. The van der Waals surface area contributed by atoms with E-state index in [1.807, 2.05) is 0 Å². The summed E-state index contributed by atoms with van der Waals surface area (Å²) in [7, 11) is 0. The van der Waals surface area contributed by atoms with Gasteiger partial charge in [0.2, 0.25) is 5.91 Å². The van der Waals surface area contributed by atoms with Gasteiger partial charge in [0.05, 0.1) is 4.91 Å². The van der Waals surface area contributed by atoms with Gasteiger partial charge in [-0.1, -0.05) is 47.3 Å². The molecule has 1 aromatic carbocycles. The standard InChI is InChI=1S/C17H14FN3O3S2/c1-10-8-14(20-24-10)19-15(22)6-7-21-16(23)13(26-17(21)25)9-11-4-2-3-5-12(11)18/h2-5,8-9H,6-7H2,1H3,(H,19,20,22). The SMILES string of the molecule is Cc1cc(NC(=O)CCN2C(=O)C(=Cc3ccccc3F)SC2=S)no1. The highest BCUT2D eigenvalue weighted by Gasteiger charge is 2.32. The Bertz CT molecular complexity index is 910. The molecular formula is C17H14FN3O3S2. The average Bonchev–Trinajstić information content (AvgIpc) is 3.11. The van der Waals surface area contributed by atoms with Crippen molar-refractivity contribution in [3.63, 3.8) is 0 Å². The predicted octanol–water partition coefficient (Wildman–Crippen LogP) is 3.35. The Kier molecular flexibility index (Phi) is 5.48. The second-order valence-electron chi connectivity index (χ2n) is 5.48. The molecule has 0 radical (unpaired) electrons. The van der Waals surface area contributed by atoms with E-state index in [4.69, 9.17) is 16.7 Å². The van der Waals surface area contributed by atoms with Crippen molar-refractivity contribution < 1.29 is 18.5 Å². The van der Waals surface area contributed by atoms with Crippen LogP contribution in [-0.4, -0.2) is 32.7 Å². The van der Waals surface area contributed by atoms with Crippen LogP contribution in [0.1, 0.15) is 17.7 Å². The van der Waals surface area contributed by atoms with E-state index in [1.54, 1.807) is 31.2 Å². The summed E-state index contributed by atoms with van der Waals surface area (Å²) >= 11 is 6.29. The number of benzene rings is 1. The predicted molar refractivity (Wildman–Crippen MR) is 101 cm³/mol. The molecule has 9 heteroatoms. The molecule has 2 amide bonds. The lowest BCUT2D eigenvalue weighted by atomic mass is 10.2. The molecule has 1 saturated heterocycles. The Balaban J connectivity index is 1.62. The van der Waals surface area contributed by atoms with Gasteiger partial charge >= 0.3 is 0 Å². The van der Waals surface area contributed by atoms with Crippen LogP contribution in [0.4, 0.5) is 10.2 Å². The van der Waals surface area contributed by atoms with Crippen molar-refractivity contribution in [2.75, 3.05) is 11.9 Å². The number of aryl methyl sites for hydroxylation is 1. The number of nitrogens with zero attached hydrogens (tertiary/aromatic N) is 2. The largest absolute Gasteiger partial charge is 0.360 e. The first kappa shape index (κ1) is 18.3. The highest BCUT2D eigenvalue weighted by atomic mass is 32.2. The van der Waals surface area contributed by atoms with Gasteiger partial charge < -0.3 is 9.84 Å². The first-order chi connectivity index (χ1) is 12.4. The number of hydrogen-bond acceptors (Lipinski definition) is 6. The van der Waals surface area contributed by atoms with E-state index in [9.17, 15) is 14.0 Å². The second kappa shape index (κ2) is 7.79. The number of nitrogens with one attached hydrogen (secondary N) is 1. The summed E-state index contributed by atoms with van der Waals surface area (Å²) in [6, 6.07) is 7.75. The van der Waals surface area contributed by atoms with Crippen LogP contribution >= 0.6 is 24.0 Å². The van der Waals surface area contributed by atoms with E-state index < -0.39 is 5.82 Å². The van der Waals surface area contributed by atoms with Crippen molar-refractivity contribution in [3.05, 3.63) is 52.4 Å². The van der Waals surface area contributed by atoms with Crippen LogP contribution in [0.25, 0.3) is 6.08 Å². The molecule has 0 aliphatic carbocycles. The third kappa shape index (κ3) is 4.17. The molecule has 6 nitrogen and oxygen atoms in total. The second-order valence-corrected chi connectivity index (χ2v) is 7.15. The number of carbonyl (C=O) groups is 2. The zero-order chi connectivity index (χ0) is 18.7. The molecule has 1 aromatic heterocycles. The molecule has 1 aliphatic heterocycles. The number of rotatable bonds is 5. The molecule has 1 N–H and O–H groups in total. The Hall–Kier alpha value is -2.52. The van der Waals surface area contributed by atoms with Gasteiger partial charge in [-0.05, 0) is 19.1 Å². The molecule has 0 unspecified atom stereocenters. The topological polar surface area (TPSA) is 75.4 Å². The van der Waals surface area contributed by atoms with Crippen LogP contribution < -0.4 is 5.32 Å². The molecule has 134 valence electrons. The molecule has 0 bridgehead atoms. The summed E-state index contributed by atoms with van der Waals surface area (Å²) in [5.41, 5.74) is 0.312. The molecule has 0 atom stereocenters. The number of amides is 2. The van der Waals surface area contributed by atoms with Gasteiger partial charge in [-0.3, -0.25) is 14.5 Å². The number of carbonyl (C=O) groups excluding carboxylic acids is 2. The number of thioether (sulfide) groups is 1. The molecular weight excluding hydrogens is 377 g/mol. The summed E-state index contributed by atoms with van der Waals surface area (Å²) < 4.78 is 19.0. The Labute approximate surface area is 158 Å². The highest BCUT2D eigenvalue weighted by Crippen LogP contribution is 2.33. The van der Waals surface area contributed by atoms with Gasteiger partial charge in [-0.15, -0.1) is 0 Å². The van der Waals surface area contributed by atoms with Gasteiger partial charge in [-0.2, -0.15) is 0 Å². The lowest BCUT2D eigenvalue weighted by Gasteiger charge is -2.13. The van der Waals surface area contributed by atoms with Gasteiger partial charge in [0.15, 0.2) is 5.82 Å². The molecule has 1 aliphatic rings. The van der Waals surface area contributed by atoms with E-state index in [0.29, 0.717) is 26.4 Å². The Morgan fingerprint density at radius 2 is 2.23 bits per heavy atom. The van der Waals surface area contributed by atoms with Crippen LogP contribution in [0.15, 0.2) is 39.8 Å². The summed E-state index contributed by atoms with van der Waals surface area (Å²) in [5, 5.41) is 6.25. The zero-order valence-corrected chi connectivity index (χ0v) is 15.3. The van der Waals surface area contributed by atoms with Crippen LogP contribution in [-0.2, 0) is 9.59 Å². The smallest absolute Gasteiger partial charge is 0.266 e. The Morgan fingerprint density at radius 1 is 1.46 bits per heavy atom. The maximum atomic E-state index is 13.7. The minimum Gasteiger partial charge on any atom is -0.360 e. The van der Waals surface area contributed by atoms with Crippen molar-refractivity contribution in [1.29, 1.82) is 0 Å². The number of aromatic nitrogens is 1. The minimum atomic E-state index is -0.417. The van der Waals surface area contributed by atoms with Crippen molar-refractivity contribution in [2.45, 2.75) is 13.3 Å². The maximum Gasteiger partial charge on any atom is 0.266 e. The first-order valence-electron chi connectivity index (χ1n) is 7.67. The van der Waals surface area contributed by atoms with E-state index in [2.05, 4.69) is 10.5 Å². The fourth-order valence-electron chi connectivity index (χ4n) is 2.27. The van der Waals surface area contributed by atoms with E-state index >= 15 is 0 Å². The molecule has 2 aromatic rings. The summed E-state index contributed by atoms with van der Waals surface area (Å²) in [6.07, 6.45) is 1.51. The van der Waals surface area contributed by atoms with Gasteiger partial charge in [0.25, 0.3) is 5.91 Å². The zero-order valence-electron chi connectivity index (χ0n) is 13.7. The van der Waals surface area contributed by atoms with Crippen LogP contribution in [0, 0.1) is 12.7 Å². The molecule has 26 heavy (non-hydrogen) atoms. The highest BCUT2D eigenvalue weighted by molar-refractivity contribution is 8.26. The van der Waals surface area contributed by atoms with Gasteiger partial charge in [-0.25, -0.2) is 4.39 Å². The summed E-state index contributed by atoms with van der Waals surface area (Å²) in [4.78, 5) is 26.1. The summed E-state index contributed by atoms with van der Waals surface area (Å²) in [6.45, 7) is 1.84. The number of hydrogen-bond donors (Lipinski definition) is 1. The number of anilines is 1. The van der Waals surface area contributed by atoms with Crippen LogP contribution in [0.3, 0.4) is 0 Å². The lowest BCUT2D eigenvalue weighted by Crippen LogP contribution is -2.31. The number of halogens is 1. The third-order valence-electron chi connectivity index (χ3n) is 3.52. The quantitative estimate of drug-likeness (QED) is 0.622. The van der Waals surface area contributed by atoms with Gasteiger partial charge in [0.1, 0.15) is 15.9 Å². The minimum absolute atomic E-state index is 0.0470. The van der Waals surface area contributed by atoms with Crippen molar-refractivity contribution in [1.82, 2.24) is 10.1 Å². The third-order valence-corrected chi connectivity index (χ3v) is 4.90. The van der Waals surface area contributed by atoms with E-state index in [1.165, 1.54) is 17.0 Å². The Morgan fingerprint density at radius 3 is 2.92 bits per heavy atom.